The van der Waals surface area contributed by atoms with Crippen LogP contribution in [-0.4, -0.2) is 62.0 Å². The maximum absolute atomic E-state index is 6.30. The van der Waals surface area contributed by atoms with Gasteiger partial charge in [0.15, 0.2) is 11.5 Å². The quantitative estimate of drug-likeness (QED) is 0.440. The lowest BCUT2D eigenvalue weighted by Crippen LogP contribution is -2.35. The van der Waals surface area contributed by atoms with E-state index in [1.807, 2.05) is 18.2 Å². The lowest BCUT2D eigenvalue weighted by Gasteiger charge is -2.26. The highest BCUT2D eigenvalue weighted by molar-refractivity contribution is 5.77. The van der Waals surface area contributed by atoms with Gasteiger partial charge in [0.1, 0.15) is 11.6 Å². The number of aromatic nitrogens is 5. The number of nitrogens with two attached hydrogens (primary N) is 1. The predicted molar refractivity (Wildman–Crippen MR) is 136 cm³/mol. The Morgan fingerprint density at radius 3 is 2.57 bits per heavy atom. The molecule has 9 heteroatoms. The number of nitrogens with zero attached hydrogens (tertiary/aromatic N) is 6. The number of rotatable bonds is 6. The molecule has 1 aromatic carbocycles. The molecule has 3 aromatic heterocycles. The number of nitrogens with one attached hydrogen (secondary N) is 1. The van der Waals surface area contributed by atoms with Crippen molar-refractivity contribution in [1.82, 2.24) is 29.7 Å². The molecule has 35 heavy (non-hydrogen) atoms. The van der Waals surface area contributed by atoms with E-state index in [1.54, 1.807) is 10.7 Å². The van der Waals surface area contributed by atoms with Gasteiger partial charge in [-0.15, -0.1) is 15.3 Å². The maximum atomic E-state index is 6.30. The summed E-state index contributed by atoms with van der Waals surface area (Å²) >= 11 is 0. The summed E-state index contributed by atoms with van der Waals surface area (Å²) in [5.74, 6) is 1.82. The van der Waals surface area contributed by atoms with E-state index in [0.29, 0.717) is 23.3 Å². The van der Waals surface area contributed by atoms with Crippen LogP contribution < -0.4 is 11.1 Å². The molecule has 0 unspecified atom stereocenters. The number of pyridine rings is 1. The molecular formula is C26H30N8O. The van der Waals surface area contributed by atoms with Crippen molar-refractivity contribution >= 4 is 17.3 Å². The Kier molecular flexibility index (Phi) is 6.01. The van der Waals surface area contributed by atoms with Crippen molar-refractivity contribution in [2.75, 3.05) is 37.4 Å². The normalized spacial score (nSPS) is 17.3. The van der Waals surface area contributed by atoms with Gasteiger partial charge in [0.25, 0.3) is 0 Å². The summed E-state index contributed by atoms with van der Waals surface area (Å²) < 4.78 is 7.20. The van der Waals surface area contributed by atoms with E-state index in [1.165, 1.54) is 31.2 Å². The average molecular weight is 471 g/mol. The molecule has 1 saturated carbocycles. The number of morpholine rings is 1. The number of fused-ring (bicyclic) bond motifs is 1. The fourth-order valence-corrected chi connectivity index (χ4v) is 4.95. The molecule has 6 rings (SSSR count). The molecule has 0 amide bonds. The minimum Gasteiger partial charge on any atom is -0.383 e. The minimum atomic E-state index is 0.406. The first kappa shape index (κ1) is 21.9. The van der Waals surface area contributed by atoms with E-state index in [-0.39, 0.29) is 0 Å². The zero-order valence-corrected chi connectivity index (χ0v) is 19.7. The van der Waals surface area contributed by atoms with E-state index in [0.717, 1.165) is 55.4 Å². The first-order valence-electron chi connectivity index (χ1n) is 12.4. The second-order valence-electron chi connectivity index (χ2n) is 9.38. The number of nitrogen functional groups attached to an aromatic ring is 1. The van der Waals surface area contributed by atoms with E-state index in [4.69, 9.17) is 15.6 Å². The monoisotopic (exact) mass is 470 g/mol. The molecule has 2 aliphatic rings. The minimum absolute atomic E-state index is 0.406. The third-order valence-corrected chi connectivity index (χ3v) is 6.93. The number of anilines is 2. The molecule has 4 heterocycles. The average Bonchev–Trinajstić information content (AvgIpc) is 3.55. The molecule has 3 N–H and O–H groups in total. The van der Waals surface area contributed by atoms with Crippen LogP contribution in [0.5, 0.6) is 0 Å². The molecular weight excluding hydrogens is 440 g/mol. The van der Waals surface area contributed by atoms with Crippen molar-refractivity contribution < 1.29 is 4.74 Å². The largest absolute Gasteiger partial charge is 0.383 e. The van der Waals surface area contributed by atoms with E-state index < -0.39 is 0 Å². The van der Waals surface area contributed by atoms with Crippen LogP contribution in [0, 0.1) is 0 Å². The second-order valence-corrected chi connectivity index (χ2v) is 9.38. The Labute approximate surface area is 204 Å². The summed E-state index contributed by atoms with van der Waals surface area (Å²) in [6, 6.07) is 15.0. The Bertz CT molecular complexity index is 1310. The van der Waals surface area contributed by atoms with Gasteiger partial charge in [0, 0.05) is 37.4 Å². The van der Waals surface area contributed by atoms with Crippen LogP contribution in [0.15, 0.2) is 48.7 Å². The SMILES string of the molecule is Nc1ncc(-c2ccc(CN3CCOCC3)cc2)cc1-c1nnc2ccc(NC3CCCC3)nn12. The van der Waals surface area contributed by atoms with E-state index >= 15 is 0 Å². The van der Waals surface area contributed by atoms with E-state index in [2.05, 4.69) is 49.7 Å². The molecule has 2 fully saturated rings. The smallest absolute Gasteiger partial charge is 0.189 e. The highest BCUT2D eigenvalue weighted by Crippen LogP contribution is 2.29. The summed E-state index contributed by atoms with van der Waals surface area (Å²) in [5, 5.41) is 17.0. The van der Waals surface area contributed by atoms with Crippen LogP contribution in [-0.2, 0) is 11.3 Å². The standard InChI is InChI=1S/C26H30N8O/c27-25-22(26-31-30-24-10-9-23(32-34(24)26)29-21-3-1-2-4-21)15-20(16-28-25)19-7-5-18(6-8-19)17-33-11-13-35-14-12-33/h5-10,15-16,21H,1-4,11-14,17H2,(H2,27,28)(H,29,32). The number of benzene rings is 1. The van der Waals surface area contributed by atoms with Crippen molar-refractivity contribution in [3.63, 3.8) is 0 Å². The van der Waals surface area contributed by atoms with Gasteiger partial charge in [-0.05, 0) is 42.2 Å². The first-order valence-corrected chi connectivity index (χ1v) is 12.4. The molecule has 0 radical (unpaired) electrons. The Hall–Kier alpha value is -3.56. The van der Waals surface area contributed by atoms with E-state index in [9.17, 15) is 0 Å². The summed E-state index contributed by atoms with van der Waals surface area (Å²) in [7, 11) is 0. The zero-order chi connectivity index (χ0) is 23.6. The van der Waals surface area contributed by atoms with Gasteiger partial charge in [-0.3, -0.25) is 4.90 Å². The Morgan fingerprint density at radius 1 is 0.971 bits per heavy atom. The van der Waals surface area contributed by atoms with Gasteiger partial charge >= 0.3 is 0 Å². The summed E-state index contributed by atoms with van der Waals surface area (Å²) in [5.41, 5.74) is 11.0. The fraction of sp³-hybridized carbons (Fsp3) is 0.385. The van der Waals surface area contributed by atoms with Crippen LogP contribution in [0.2, 0.25) is 0 Å². The third kappa shape index (κ3) is 4.69. The highest BCUT2D eigenvalue weighted by atomic mass is 16.5. The van der Waals surface area contributed by atoms with Crippen LogP contribution >= 0.6 is 0 Å². The molecule has 0 atom stereocenters. The second kappa shape index (κ2) is 9.59. The number of ether oxygens (including phenoxy) is 1. The summed E-state index contributed by atoms with van der Waals surface area (Å²) in [6.45, 7) is 4.50. The molecule has 1 aliphatic heterocycles. The highest BCUT2D eigenvalue weighted by Gasteiger charge is 2.18. The summed E-state index contributed by atoms with van der Waals surface area (Å²) in [6.07, 6.45) is 6.69. The molecule has 0 bridgehead atoms. The van der Waals surface area contributed by atoms with Crippen molar-refractivity contribution in [3.8, 4) is 22.5 Å². The Morgan fingerprint density at radius 2 is 1.77 bits per heavy atom. The van der Waals surface area contributed by atoms with Crippen molar-refractivity contribution in [1.29, 1.82) is 0 Å². The van der Waals surface area contributed by atoms with Gasteiger partial charge in [-0.25, -0.2) is 4.98 Å². The molecule has 0 spiro atoms. The van der Waals surface area contributed by atoms with Crippen molar-refractivity contribution in [2.24, 2.45) is 0 Å². The topological polar surface area (TPSA) is 106 Å². The summed E-state index contributed by atoms with van der Waals surface area (Å²) in [4.78, 5) is 6.89. The van der Waals surface area contributed by atoms with Crippen LogP contribution in [0.1, 0.15) is 31.2 Å². The molecule has 1 saturated heterocycles. The molecule has 1 aliphatic carbocycles. The Balaban J connectivity index is 1.27. The van der Waals surface area contributed by atoms with Gasteiger partial charge in [0.2, 0.25) is 0 Å². The number of hydrogen-bond acceptors (Lipinski definition) is 8. The number of hydrogen-bond donors (Lipinski definition) is 2. The lowest BCUT2D eigenvalue weighted by atomic mass is 10.0. The predicted octanol–water partition coefficient (Wildman–Crippen LogP) is 3.62. The van der Waals surface area contributed by atoms with Crippen molar-refractivity contribution in [2.45, 2.75) is 38.3 Å². The third-order valence-electron chi connectivity index (χ3n) is 6.93. The van der Waals surface area contributed by atoms with Gasteiger partial charge in [-0.2, -0.15) is 4.52 Å². The molecule has 180 valence electrons. The van der Waals surface area contributed by atoms with Gasteiger partial charge in [0.05, 0.1) is 18.8 Å². The van der Waals surface area contributed by atoms with Gasteiger partial charge < -0.3 is 15.8 Å². The van der Waals surface area contributed by atoms with Crippen LogP contribution in [0.3, 0.4) is 0 Å². The fourth-order valence-electron chi connectivity index (χ4n) is 4.95. The molecule has 9 nitrogen and oxygen atoms in total. The van der Waals surface area contributed by atoms with Crippen LogP contribution in [0.25, 0.3) is 28.2 Å². The lowest BCUT2D eigenvalue weighted by molar-refractivity contribution is 0.0342. The zero-order valence-electron chi connectivity index (χ0n) is 19.7. The van der Waals surface area contributed by atoms with Crippen LogP contribution in [0.4, 0.5) is 11.6 Å². The maximum Gasteiger partial charge on any atom is 0.189 e. The van der Waals surface area contributed by atoms with Crippen molar-refractivity contribution in [3.05, 3.63) is 54.2 Å². The van der Waals surface area contributed by atoms with Gasteiger partial charge in [-0.1, -0.05) is 37.1 Å². The molecule has 4 aromatic rings. The first-order chi connectivity index (χ1) is 17.2.